The Morgan fingerprint density at radius 2 is 2.08 bits per heavy atom. The summed E-state index contributed by atoms with van der Waals surface area (Å²) in [6.07, 6.45) is 0. The highest BCUT2D eigenvalue weighted by molar-refractivity contribution is 5.44. The van der Waals surface area contributed by atoms with Crippen molar-refractivity contribution in [3.8, 4) is 0 Å². The lowest BCUT2D eigenvalue weighted by molar-refractivity contribution is 0.825. The lowest BCUT2D eigenvalue weighted by Crippen LogP contribution is -2.17. The number of rotatable bonds is 1. The van der Waals surface area contributed by atoms with Crippen molar-refractivity contribution in [2.75, 3.05) is 5.73 Å². The van der Waals surface area contributed by atoms with Gasteiger partial charge in [-0.2, -0.15) is 5.10 Å². The Hall–Kier alpha value is -1.32. The van der Waals surface area contributed by atoms with E-state index >= 15 is 0 Å². The smallest absolute Gasteiger partial charge is 0.267 e. The van der Waals surface area contributed by atoms with Crippen molar-refractivity contribution in [3.63, 3.8) is 0 Å². The third-order valence-corrected chi connectivity index (χ3v) is 1.88. The molecule has 0 saturated heterocycles. The van der Waals surface area contributed by atoms with Gasteiger partial charge >= 0.3 is 0 Å². The van der Waals surface area contributed by atoms with Crippen molar-refractivity contribution in [2.45, 2.75) is 26.7 Å². The Morgan fingerprint density at radius 1 is 1.50 bits per heavy atom. The minimum atomic E-state index is -0.159. The van der Waals surface area contributed by atoms with E-state index in [-0.39, 0.29) is 11.5 Å². The predicted octanol–water partition coefficient (Wildman–Crippen LogP) is 0.784. The third-order valence-electron chi connectivity index (χ3n) is 1.88. The average Bonchev–Trinajstić information content (AvgIpc) is 1.97. The summed E-state index contributed by atoms with van der Waals surface area (Å²) in [6.45, 7) is 5.73. The molecule has 1 heterocycles. The number of nitrogens with zero attached hydrogens (tertiary/aromatic N) is 1. The van der Waals surface area contributed by atoms with Gasteiger partial charge in [-0.3, -0.25) is 4.79 Å². The molecule has 66 valence electrons. The van der Waals surface area contributed by atoms with E-state index in [1.165, 1.54) is 0 Å². The zero-order chi connectivity index (χ0) is 9.30. The van der Waals surface area contributed by atoms with Gasteiger partial charge in [-0.1, -0.05) is 13.8 Å². The molecule has 12 heavy (non-hydrogen) atoms. The molecule has 0 aliphatic heterocycles. The van der Waals surface area contributed by atoms with Gasteiger partial charge in [-0.15, -0.1) is 0 Å². The largest absolute Gasteiger partial charge is 0.382 e. The highest BCUT2D eigenvalue weighted by Crippen LogP contribution is 2.19. The Labute approximate surface area is 70.8 Å². The van der Waals surface area contributed by atoms with Crippen molar-refractivity contribution in [2.24, 2.45) is 0 Å². The molecule has 0 aromatic carbocycles. The van der Waals surface area contributed by atoms with Crippen LogP contribution in [0.25, 0.3) is 0 Å². The second-order valence-corrected chi connectivity index (χ2v) is 3.13. The van der Waals surface area contributed by atoms with Crippen LogP contribution in [-0.4, -0.2) is 10.2 Å². The molecular formula is C8H13N3O. The van der Waals surface area contributed by atoms with E-state index in [4.69, 9.17) is 5.73 Å². The van der Waals surface area contributed by atoms with Crippen molar-refractivity contribution >= 4 is 5.82 Å². The van der Waals surface area contributed by atoms with Crippen molar-refractivity contribution in [1.82, 2.24) is 10.2 Å². The quantitative estimate of drug-likeness (QED) is 0.649. The molecule has 0 aliphatic rings. The van der Waals surface area contributed by atoms with Crippen LogP contribution in [0.3, 0.4) is 0 Å². The summed E-state index contributed by atoms with van der Waals surface area (Å²) < 4.78 is 0. The topological polar surface area (TPSA) is 71.8 Å². The average molecular weight is 167 g/mol. The van der Waals surface area contributed by atoms with Crippen LogP contribution in [0.1, 0.15) is 30.9 Å². The molecule has 1 aromatic rings. The summed E-state index contributed by atoms with van der Waals surface area (Å²) in [5.74, 6) is 0.655. The summed E-state index contributed by atoms with van der Waals surface area (Å²) in [6, 6.07) is 0. The standard InChI is InChI=1S/C8H13N3O/c1-4(2)6-5(3)8(12)11-10-7(6)9/h4H,1-3H3,(H2,9,10)(H,11,12). The van der Waals surface area contributed by atoms with E-state index in [0.29, 0.717) is 11.4 Å². The van der Waals surface area contributed by atoms with Crippen molar-refractivity contribution in [1.29, 1.82) is 0 Å². The van der Waals surface area contributed by atoms with Crippen LogP contribution in [-0.2, 0) is 0 Å². The molecule has 3 N–H and O–H groups in total. The lowest BCUT2D eigenvalue weighted by atomic mass is 10.0. The first-order chi connectivity index (χ1) is 5.54. The minimum absolute atomic E-state index is 0.159. The summed E-state index contributed by atoms with van der Waals surface area (Å²) in [7, 11) is 0. The number of hydrogen-bond donors (Lipinski definition) is 2. The van der Waals surface area contributed by atoms with Gasteiger partial charge in [0.15, 0.2) is 0 Å². The van der Waals surface area contributed by atoms with Crippen LogP contribution in [0.4, 0.5) is 5.82 Å². The van der Waals surface area contributed by atoms with Gasteiger partial charge in [0.25, 0.3) is 5.56 Å². The minimum Gasteiger partial charge on any atom is -0.382 e. The highest BCUT2D eigenvalue weighted by atomic mass is 16.1. The molecule has 0 radical (unpaired) electrons. The molecule has 0 aliphatic carbocycles. The van der Waals surface area contributed by atoms with Crippen LogP contribution in [0.15, 0.2) is 4.79 Å². The summed E-state index contributed by atoms with van der Waals surface area (Å²) in [5.41, 5.74) is 6.96. The molecule has 0 amide bonds. The SMILES string of the molecule is Cc1c(C(C)C)c(N)n[nH]c1=O. The first kappa shape index (κ1) is 8.77. The fourth-order valence-electron chi connectivity index (χ4n) is 1.30. The molecule has 0 bridgehead atoms. The maximum absolute atomic E-state index is 11.1. The fraction of sp³-hybridized carbons (Fsp3) is 0.500. The normalized spacial score (nSPS) is 10.7. The van der Waals surface area contributed by atoms with Gasteiger partial charge in [0.1, 0.15) is 5.82 Å². The summed E-state index contributed by atoms with van der Waals surface area (Å²) >= 11 is 0. The number of hydrogen-bond acceptors (Lipinski definition) is 3. The molecule has 4 nitrogen and oxygen atoms in total. The third kappa shape index (κ3) is 1.32. The van der Waals surface area contributed by atoms with Gasteiger partial charge in [0.05, 0.1) is 0 Å². The maximum Gasteiger partial charge on any atom is 0.267 e. The zero-order valence-corrected chi connectivity index (χ0v) is 7.51. The lowest BCUT2D eigenvalue weighted by Gasteiger charge is -2.09. The number of H-pyrrole nitrogens is 1. The van der Waals surface area contributed by atoms with Crippen LogP contribution < -0.4 is 11.3 Å². The van der Waals surface area contributed by atoms with Gasteiger partial charge in [-0.05, 0) is 12.8 Å². The number of aromatic amines is 1. The van der Waals surface area contributed by atoms with E-state index in [1.807, 2.05) is 13.8 Å². The molecule has 4 heteroatoms. The van der Waals surface area contributed by atoms with Gasteiger partial charge in [0.2, 0.25) is 0 Å². The highest BCUT2D eigenvalue weighted by Gasteiger charge is 2.10. The van der Waals surface area contributed by atoms with E-state index < -0.39 is 0 Å². The molecule has 0 spiro atoms. The second-order valence-electron chi connectivity index (χ2n) is 3.13. The van der Waals surface area contributed by atoms with E-state index in [9.17, 15) is 4.79 Å². The Kier molecular flexibility index (Phi) is 2.17. The summed E-state index contributed by atoms with van der Waals surface area (Å²) in [5, 5.41) is 6.03. The number of anilines is 1. The maximum atomic E-state index is 11.1. The number of nitrogen functional groups attached to an aromatic ring is 1. The first-order valence-electron chi connectivity index (χ1n) is 3.88. The fourth-order valence-corrected chi connectivity index (χ4v) is 1.30. The second kappa shape index (κ2) is 2.97. The van der Waals surface area contributed by atoms with E-state index in [1.54, 1.807) is 6.92 Å². The van der Waals surface area contributed by atoms with Crippen molar-refractivity contribution < 1.29 is 0 Å². The van der Waals surface area contributed by atoms with Gasteiger partial charge in [-0.25, -0.2) is 5.10 Å². The monoisotopic (exact) mass is 167 g/mol. The zero-order valence-electron chi connectivity index (χ0n) is 7.51. The molecule has 1 aromatic heterocycles. The van der Waals surface area contributed by atoms with Crippen LogP contribution in [0, 0.1) is 6.92 Å². The molecule has 0 atom stereocenters. The molecule has 0 saturated carbocycles. The van der Waals surface area contributed by atoms with Crippen LogP contribution in [0.5, 0.6) is 0 Å². The molecule has 0 fully saturated rings. The van der Waals surface area contributed by atoms with Gasteiger partial charge in [0, 0.05) is 11.1 Å². The Balaban J connectivity index is 3.43. The number of aromatic nitrogens is 2. The van der Waals surface area contributed by atoms with E-state index in [0.717, 1.165) is 5.56 Å². The van der Waals surface area contributed by atoms with Gasteiger partial charge < -0.3 is 5.73 Å². The van der Waals surface area contributed by atoms with E-state index in [2.05, 4.69) is 10.2 Å². The molecule has 0 unspecified atom stereocenters. The van der Waals surface area contributed by atoms with Crippen LogP contribution in [0.2, 0.25) is 0 Å². The molecular weight excluding hydrogens is 154 g/mol. The Bertz CT molecular complexity index is 341. The van der Waals surface area contributed by atoms with Crippen LogP contribution >= 0.6 is 0 Å². The number of nitrogens with one attached hydrogen (secondary N) is 1. The first-order valence-corrected chi connectivity index (χ1v) is 3.88. The number of nitrogens with two attached hydrogens (primary N) is 1. The molecule has 1 rings (SSSR count). The Morgan fingerprint density at radius 3 is 2.50 bits per heavy atom. The predicted molar refractivity (Wildman–Crippen MR) is 48.1 cm³/mol. The summed E-state index contributed by atoms with van der Waals surface area (Å²) in [4.78, 5) is 11.1. The van der Waals surface area contributed by atoms with Crippen molar-refractivity contribution in [3.05, 3.63) is 21.5 Å².